The lowest BCUT2D eigenvalue weighted by atomic mass is 9.78. The Labute approximate surface area is 115 Å². The lowest BCUT2D eigenvalue weighted by Crippen LogP contribution is -2.48. The monoisotopic (exact) mass is 260 g/mol. The molecule has 3 heteroatoms. The van der Waals surface area contributed by atoms with E-state index in [4.69, 9.17) is 0 Å². The van der Waals surface area contributed by atoms with Gasteiger partial charge in [-0.1, -0.05) is 12.8 Å². The van der Waals surface area contributed by atoms with E-state index in [1.165, 1.54) is 38.5 Å². The lowest BCUT2D eigenvalue weighted by Gasteiger charge is -2.43. The number of piperidine rings is 1. The van der Waals surface area contributed by atoms with Gasteiger partial charge < -0.3 is 4.57 Å². The molecular weight excluding hydrogens is 236 g/mol. The number of rotatable bonds is 3. The summed E-state index contributed by atoms with van der Waals surface area (Å²) in [6, 6.07) is 4.56. The third-order valence-electron chi connectivity index (χ3n) is 4.93. The second-order valence-electron chi connectivity index (χ2n) is 6.15. The molecule has 2 unspecified atom stereocenters. The van der Waals surface area contributed by atoms with Crippen molar-refractivity contribution in [2.24, 2.45) is 13.0 Å². The van der Waals surface area contributed by atoms with E-state index in [9.17, 15) is 4.79 Å². The number of carbonyl (C=O) groups excluding carboxylic acids is 1. The van der Waals surface area contributed by atoms with Gasteiger partial charge in [-0.3, -0.25) is 9.69 Å². The minimum absolute atomic E-state index is 0.277. The smallest absolute Gasteiger partial charge is 0.193 e. The zero-order valence-corrected chi connectivity index (χ0v) is 11.8. The molecule has 3 nitrogen and oxygen atoms in total. The first-order valence-electron chi connectivity index (χ1n) is 7.64. The van der Waals surface area contributed by atoms with Gasteiger partial charge in [0.15, 0.2) is 5.78 Å². The van der Waals surface area contributed by atoms with Crippen LogP contribution in [0.4, 0.5) is 0 Å². The molecule has 1 saturated carbocycles. The molecule has 0 radical (unpaired) electrons. The number of aryl methyl sites for hydroxylation is 1. The van der Waals surface area contributed by atoms with Crippen molar-refractivity contribution in [1.29, 1.82) is 0 Å². The van der Waals surface area contributed by atoms with Crippen molar-refractivity contribution in [3.63, 3.8) is 0 Å². The summed E-state index contributed by atoms with van der Waals surface area (Å²) < 4.78 is 1.94. The first-order valence-corrected chi connectivity index (χ1v) is 7.64. The van der Waals surface area contributed by atoms with Crippen molar-refractivity contribution in [1.82, 2.24) is 9.47 Å². The van der Waals surface area contributed by atoms with Crippen molar-refractivity contribution in [2.75, 3.05) is 13.1 Å². The standard InChI is InChI=1S/C16H24N2O/c1-17-10-5-9-15(17)16(19)12-18-11-4-7-13-6-2-3-8-14(13)18/h5,9-10,13-14H,2-4,6-8,11-12H2,1H3. The lowest BCUT2D eigenvalue weighted by molar-refractivity contribution is 0.0535. The summed E-state index contributed by atoms with van der Waals surface area (Å²) in [7, 11) is 1.95. The Kier molecular flexibility index (Phi) is 3.74. The van der Waals surface area contributed by atoms with Crippen LogP contribution in [-0.4, -0.2) is 34.4 Å². The molecule has 0 aromatic carbocycles. The Balaban J connectivity index is 1.68. The van der Waals surface area contributed by atoms with E-state index in [-0.39, 0.29) is 5.78 Å². The van der Waals surface area contributed by atoms with E-state index in [0.717, 1.165) is 18.2 Å². The fourth-order valence-electron chi connectivity index (χ4n) is 3.94. The molecule has 2 atom stereocenters. The topological polar surface area (TPSA) is 25.2 Å². The largest absolute Gasteiger partial charge is 0.348 e. The number of Topliss-reactive ketones (excluding diaryl/α,β-unsaturated/α-hetero) is 1. The summed E-state index contributed by atoms with van der Waals surface area (Å²) in [6.45, 7) is 1.72. The molecule has 2 aliphatic rings. The zero-order valence-electron chi connectivity index (χ0n) is 11.8. The first-order chi connectivity index (χ1) is 9.25. The van der Waals surface area contributed by atoms with Gasteiger partial charge in [-0.25, -0.2) is 0 Å². The van der Waals surface area contributed by atoms with E-state index in [2.05, 4.69) is 4.90 Å². The van der Waals surface area contributed by atoms with E-state index in [0.29, 0.717) is 12.6 Å². The van der Waals surface area contributed by atoms with Crippen LogP contribution in [0.2, 0.25) is 0 Å². The number of hydrogen-bond donors (Lipinski definition) is 0. The van der Waals surface area contributed by atoms with Gasteiger partial charge in [0.05, 0.1) is 12.2 Å². The molecule has 104 valence electrons. The number of carbonyl (C=O) groups is 1. The van der Waals surface area contributed by atoms with E-state index < -0.39 is 0 Å². The molecule has 0 N–H and O–H groups in total. The van der Waals surface area contributed by atoms with Gasteiger partial charge in [0.1, 0.15) is 0 Å². The second kappa shape index (κ2) is 5.49. The first kappa shape index (κ1) is 12.9. The zero-order chi connectivity index (χ0) is 13.2. The fraction of sp³-hybridized carbons (Fsp3) is 0.688. The Morgan fingerprint density at radius 2 is 2.05 bits per heavy atom. The van der Waals surface area contributed by atoms with E-state index >= 15 is 0 Å². The highest BCUT2D eigenvalue weighted by Crippen LogP contribution is 2.35. The highest BCUT2D eigenvalue weighted by Gasteiger charge is 2.34. The maximum absolute atomic E-state index is 12.4. The number of fused-ring (bicyclic) bond motifs is 1. The van der Waals surface area contributed by atoms with Crippen LogP contribution in [0.15, 0.2) is 18.3 Å². The molecule has 1 aromatic rings. The van der Waals surface area contributed by atoms with Crippen molar-refractivity contribution in [3.8, 4) is 0 Å². The Hall–Kier alpha value is -1.09. The quantitative estimate of drug-likeness (QED) is 0.781. The Bertz CT molecular complexity index is 449. The van der Waals surface area contributed by atoms with Gasteiger partial charge in [-0.05, 0) is 50.3 Å². The van der Waals surface area contributed by atoms with E-state index in [1.54, 1.807) is 0 Å². The average molecular weight is 260 g/mol. The van der Waals surface area contributed by atoms with Crippen molar-refractivity contribution in [2.45, 2.75) is 44.6 Å². The maximum Gasteiger partial charge on any atom is 0.193 e. The van der Waals surface area contributed by atoms with Crippen LogP contribution in [-0.2, 0) is 7.05 Å². The van der Waals surface area contributed by atoms with Crippen LogP contribution in [0.25, 0.3) is 0 Å². The van der Waals surface area contributed by atoms with Gasteiger partial charge in [0.2, 0.25) is 0 Å². The molecule has 1 saturated heterocycles. The molecule has 2 fully saturated rings. The van der Waals surface area contributed by atoms with Gasteiger partial charge in [-0.15, -0.1) is 0 Å². The molecule has 1 aromatic heterocycles. The summed E-state index contributed by atoms with van der Waals surface area (Å²) in [5.74, 6) is 1.13. The molecule has 0 bridgehead atoms. The van der Waals surface area contributed by atoms with Crippen molar-refractivity contribution >= 4 is 5.78 Å². The minimum atomic E-state index is 0.277. The normalized spacial score (nSPS) is 28.1. The van der Waals surface area contributed by atoms with Gasteiger partial charge >= 0.3 is 0 Å². The molecule has 1 aliphatic carbocycles. The number of likely N-dealkylation sites (tertiary alicyclic amines) is 1. The number of aromatic nitrogens is 1. The Morgan fingerprint density at radius 3 is 2.84 bits per heavy atom. The predicted molar refractivity (Wildman–Crippen MR) is 76.3 cm³/mol. The predicted octanol–water partition coefficient (Wildman–Crippen LogP) is 2.86. The third kappa shape index (κ3) is 2.62. The average Bonchev–Trinajstić information content (AvgIpc) is 2.85. The van der Waals surface area contributed by atoms with Crippen LogP contribution in [0.3, 0.4) is 0 Å². The number of hydrogen-bond acceptors (Lipinski definition) is 2. The number of nitrogens with zero attached hydrogens (tertiary/aromatic N) is 2. The summed E-state index contributed by atoms with van der Waals surface area (Å²) in [4.78, 5) is 14.9. The van der Waals surface area contributed by atoms with Crippen LogP contribution in [0.5, 0.6) is 0 Å². The SMILES string of the molecule is Cn1cccc1C(=O)CN1CCCC2CCCCC21. The molecule has 0 spiro atoms. The minimum Gasteiger partial charge on any atom is -0.348 e. The second-order valence-corrected chi connectivity index (χ2v) is 6.15. The molecule has 2 heterocycles. The summed E-state index contributed by atoms with van der Waals surface area (Å²) in [5, 5.41) is 0. The molecule has 19 heavy (non-hydrogen) atoms. The molecule has 1 aliphatic heterocycles. The van der Waals surface area contributed by atoms with Crippen molar-refractivity contribution < 1.29 is 4.79 Å². The van der Waals surface area contributed by atoms with Gasteiger partial charge in [0.25, 0.3) is 0 Å². The van der Waals surface area contributed by atoms with Crippen LogP contribution < -0.4 is 0 Å². The van der Waals surface area contributed by atoms with Crippen molar-refractivity contribution in [3.05, 3.63) is 24.0 Å². The summed E-state index contributed by atoms with van der Waals surface area (Å²) in [5.41, 5.74) is 0.845. The third-order valence-corrected chi connectivity index (χ3v) is 4.93. The Morgan fingerprint density at radius 1 is 1.26 bits per heavy atom. The van der Waals surface area contributed by atoms with Crippen LogP contribution in [0.1, 0.15) is 49.0 Å². The molecular formula is C16H24N2O. The van der Waals surface area contributed by atoms with Crippen LogP contribution >= 0.6 is 0 Å². The molecule has 3 rings (SSSR count). The summed E-state index contributed by atoms with van der Waals surface area (Å²) >= 11 is 0. The van der Waals surface area contributed by atoms with Gasteiger partial charge in [-0.2, -0.15) is 0 Å². The van der Waals surface area contributed by atoms with Crippen LogP contribution in [0, 0.1) is 5.92 Å². The molecule has 0 amide bonds. The number of ketones is 1. The van der Waals surface area contributed by atoms with E-state index in [1.807, 2.05) is 29.9 Å². The summed E-state index contributed by atoms with van der Waals surface area (Å²) in [6.07, 6.45) is 10.00. The van der Waals surface area contributed by atoms with Gasteiger partial charge in [0, 0.05) is 19.3 Å². The highest BCUT2D eigenvalue weighted by molar-refractivity contribution is 5.96. The fourth-order valence-corrected chi connectivity index (χ4v) is 3.94. The highest BCUT2D eigenvalue weighted by atomic mass is 16.1. The maximum atomic E-state index is 12.4.